The van der Waals surface area contributed by atoms with Crippen LogP contribution in [-0.4, -0.2) is 41.5 Å². The first kappa shape index (κ1) is 14.0. The molecule has 5 nitrogen and oxygen atoms in total. The molecule has 2 rings (SSSR count). The molecule has 0 aromatic carbocycles. The van der Waals surface area contributed by atoms with Crippen molar-refractivity contribution >= 4 is 5.91 Å². The van der Waals surface area contributed by atoms with Crippen LogP contribution in [0.15, 0.2) is 24.5 Å². The van der Waals surface area contributed by atoms with E-state index in [0.29, 0.717) is 18.6 Å². The summed E-state index contributed by atoms with van der Waals surface area (Å²) in [7, 11) is 0. The van der Waals surface area contributed by atoms with Gasteiger partial charge in [0.05, 0.1) is 6.54 Å². The number of primary amides is 1. The third-order valence-corrected chi connectivity index (χ3v) is 3.66. The van der Waals surface area contributed by atoms with Crippen molar-refractivity contribution in [3.63, 3.8) is 0 Å². The number of piperidine rings is 1. The molecular weight excluding hydrogens is 240 g/mol. The van der Waals surface area contributed by atoms with Gasteiger partial charge in [0.15, 0.2) is 0 Å². The Morgan fingerprint density at radius 2 is 2.11 bits per heavy atom. The van der Waals surface area contributed by atoms with E-state index in [1.165, 1.54) is 5.56 Å². The third kappa shape index (κ3) is 4.29. The Kier molecular flexibility index (Phi) is 4.87. The molecule has 1 saturated heterocycles. The van der Waals surface area contributed by atoms with E-state index in [1.54, 1.807) is 0 Å². The van der Waals surface area contributed by atoms with Crippen LogP contribution in [0.5, 0.6) is 0 Å². The first-order valence-electron chi connectivity index (χ1n) is 6.82. The van der Waals surface area contributed by atoms with Crippen molar-refractivity contribution in [3.8, 4) is 0 Å². The minimum absolute atomic E-state index is 0.239. The van der Waals surface area contributed by atoms with E-state index in [9.17, 15) is 4.79 Å². The summed E-state index contributed by atoms with van der Waals surface area (Å²) >= 11 is 0. The Bertz CT molecular complexity index is 401. The molecule has 1 aromatic rings. The second-order valence-corrected chi connectivity index (χ2v) is 5.19. The van der Waals surface area contributed by atoms with E-state index >= 15 is 0 Å². The van der Waals surface area contributed by atoms with Crippen LogP contribution in [0.1, 0.15) is 31.4 Å². The molecule has 0 bridgehead atoms. The Morgan fingerprint density at radius 1 is 1.47 bits per heavy atom. The van der Waals surface area contributed by atoms with E-state index in [1.807, 2.05) is 24.5 Å². The fraction of sp³-hybridized carbons (Fsp3) is 0.571. The molecule has 1 aliphatic rings. The van der Waals surface area contributed by atoms with Gasteiger partial charge in [-0.25, -0.2) is 0 Å². The summed E-state index contributed by atoms with van der Waals surface area (Å²) in [6.45, 7) is 4.42. The van der Waals surface area contributed by atoms with Crippen molar-refractivity contribution in [2.75, 3.05) is 19.6 Å². The van der Waals surface area contributed by atoms with Crippen molar-refractivity contribution in [2.45, 2.75) is 31.8 Å². The van der Waals surface area contributed by atoms with E-state index < -0.39 is 0 Å². The highest BCUT2D eigenvalue weighted by atomic mass is 16.1. The molecule has 0 radical (unpaired) electrons. The highest BCUT2D eigenvalue weighted by molar-refractivity contribution is 5.75. The molecule has 1 aromatic heterocycles. The number of carbonyl (C=O) groups excluding carboxylic acids is 1. The summed E-state index contributed by atoms with van der Waals surface area (Å²) in [5.74, 6) is -0.239. The number of pyridine rings is 1. The Balaban J connectivity index is 1.78. The highest BCUT2D eigenvalue weighted by Gasteiger charge is 2.21. The van der Waals surface area contributed by atoms with E-state index in [4.69, 9.17) is 5.73 Å². The standard InChI is InChI=1S/C14H22N4O/c1-11(12-2-6-16-7-3-12)17-13-4-8-18(9-5-13)10-14(15)19/h2-3,6-7,11,13,17H,4-5,8-10H2,1H3,(H2,15,19). The van der Waals surface area contributed by atoms with Crippen LogP contribution in [0.25, 0.3) is 0 Å². The lowest BCUT2D eigenvalue weighted by molar-refractivity contribution is -0.119. The molecule has 1 amide bonds. The van der Waals surface area contributed by atoms with E-state index in [-0.39, 0.29) is 5.91 Å². The first-order chi connectivity index (χ1) is 9.15. The van der Waals surface area contributed by atoms with Crippen LogP contribution in [0.4, 0.5) is 0 Å². The Hall–Kier alpha value is -1.46. The second kappa shape index (κ2) is 6.63. The number of hydrogen-bond acceptors (Lipinski definition) is 4. The van der Waals surface area contributed by atoms with Crippen LogP contribution in [0.3, 0.4) is 0 Å². The lowest BCUT2D eigenvalue weighted by Crippen LogP contribution is -2.45. The maximum Gasteiger partial charge on any atom is 0.231 e. The first-order valence-corrected chi connectivity index (χ1v) is 6.82. The summed E-state index contributed by atoms with van der Waals surface area (Å²) in [5, 5.41) is 3.64. The molecule has 104 valence electrons. The number of aromatic nitrogens is 1. The third-order valence-electron chi connectivity index (χ3n) is 3.66. The molecule has 1 fully saturated rings. The molecule has 0 saturated carbocycles. The largest absolute Gasteiger partial charge is 0.369 e. The summed E-state index contributed by atoms with van der Waals surface area (Å²) in [6, 6.07) is 4.92. The second-order valence-electron chi connectivity index (χ2n) is 5.19. The number of amides is 1. The van der Waals surface area contributed by atoms with Crippen LogP contribution >= 0.6 is 0 Å². The quantitative estimate of drug-likeness (QED) is 0.818. The van der Waals surface area contributed by atoms with E-state index in [0.717, 1.165) is 25.9 Å². The van der Waals surface area contributed by atoms with Gasteiger partial charge in [-0.3, -0.25) is 14.7 Å². The van der Waals surface area contributed by atoms with Gasteiger partial charge in [-0.1, -0.05) is 0 Å². The zero-order valence-electron chi connectivity index (χ0n) is 11.4. The highest BCUT2D eigenvalue weighted by Crippen LogP contribution is 2.16. The summed E-state index contributed by atoms with van der Waals surface area (Å²) in [6.07, 6.45) is 5.76. The van der Waals surface area contributed by atoms with Crippen molar-refractivity contribution in [1.29, 1.82) is 0 Å². The molecule has 2 heterocycles. The smallest absolute Gasteiger partial charge is 0.231 e. The number of nitrogens with one attached hydrogen (secondary N) is 1. The summed E-state index contributed by atoms with van der Waals surface area (Å²) in [5.41, 5.74) is 6.47. The van der Waals surface area contributed by atoms with Gasteiger partial charge in [-0.2, -0.15) is 0 Å². The molecule has 1 unspecified atom stereocenters. The number of hydrogen-bond donors (Lipinski definition) is 2. The fourth-order valence-corrected chi connectivity index (χ4v) is 2.58. The van der Waals surface area contributed by atoms with Gasteiger partial charge in [0.1, 0.15) is 0 Å². The van der Waals surface area contributed by atoms with Crippen molar-refractivity contribution in [1.82, 2.24) is 15.2 Å². The van der Waals surface area contributed by atoms with Crippen molar-refractivity contribution < 1.29 is 4.79 Å². The molecule has 19 heavy (non-hydrogen) atoms. The average molecular weight is 262 g/mol. The average Bonchev–Trinajstić information content (AvgIpc) is 2.41. The number of nitrogens with two attached hydrogens (primary N) is 1. The number of nitrogens with zero attached hydrogens (tertiary/aromatic N) is 2. The van der Waals surface area contributed by atoms with Gasteiger partial charge in [0.2, 0.25) is 5.91 Å². The van der Waals surface area contributed by atoms with Gasteiger partial charge in [-0.15, -0.1) is 0 Å². The molecule has 3 N–H and O–H groups in total. The maximum atomic E-state index is 10.9. The number of rotatable bonds is 5. The molecule has 5 heteroatoms. The minimum atomic E-state index is -0.239. The number of carbonyl (C=O) groups is 1. The molecule has 1 aliphatic heterocycles. The van der Waals surface area contributed by atoms with E-state index in [2.05, 4.69) is 22.1 Å². The Morgan fingerprint density at radius 3 is 2.68 bits per heavy atom. The van der Waals surface area contributed by atoms with Crippen molar-refractivity contribution in [3.05, 3.63) is 30.1 Å². The molecular formula is C14H22N4O. The van der Waals surface area contributed by atoms with Gasteiger partial charge >= 0.3 is 0 Å². The molecule has 0 aliphatic carbocycles. The van der Waals surface area contributed by atoms with Crippen LogP contribution < -0.4 is 11.1 Å². The van der Waals surface area contributed by atoms with Gasteiger partial charge in [-0.05, 0) is 37.5 Å². The predicted molar refractivity (Wildman–Crippen MR) is 74.4 cm³/mol. The fourth-order valence-electron chi connectivity index (χ4n) is 2.58. The van der Waals surface area contributed by atoms with Gasteiger partial charge in [0.25, 0.3) is 0 Å². The molecule has 0 spiro atoms. The van der Waals surface area contributed by atoms with Crippen LogP contribution in [0.2, 0.25) is 0 Å². The maximum absolute atomic E-state index is 10.9. The topological polar surface area (TPSA) is 71.2 Å². The Labute approximate surface area is 114 Å². The lowest BCUT2D eigenvalue weighted by Gasteiger charge is -2.33. The minimum Gasteiger partial charge on any atom is -0.369 e. The normalized spacial score (nSPS) is 19.2. The monoisotopic (exact) mass is 262 g/mol. The van der Waals surface area contributed by atoms with Gasteiger partial charge in [0, 0.05) is 37.6 Å². The van der Waals surface area contributed by atoms with Crippen LogP contribution in [0, 0.1) is 0 Å². The summed E-state index contributed by atoms with van der Waals surface area (Å²) in [4.78, 5) is 17.0. The van der Waals surface area contributed by atoms with Crippen molar-refractivity contribution in [2.24, 2.45) is 5.73 Å². The van der Waals surface area contributed by atoms with Gasteiger partial charge < -0.3 is 11.1 Å². The van der Waals surface area contributed by atoms with Crippen LogP contribution in [-0.2, 0) is 4.79 Å². The predicted octanol–water partition coefficient (Wildman–Crippen LogP) is 0.682. The zero-order chi connectivity index (χ0) is 13.7. The summed E-state index contributed by atoms with van der Waals surface area (Å²) < 4.78 is 0. The zero-order valence-corrected chi connectivity index (χ0v) is 11.4. The molecule has 1 atom stereocenters. The SMILES string of the molecule is CC(NC1CCN(CC(N)=O)CC1)c1ccncc1. The number of likely N-dealkylation sites (tertiary alicyclic amines) is 1. The lowest BCUT2D eigenvalue weighted by atomic mass is 10.0.